The minimum Gasteiger partial charge on any atom is -0.325 e. The van der Waals surface area contributed by atoms with Gasteiger partial charge >= 0.3 is 0 Å². The number of anilines is 1. The molecule has 2 aromatic carbocycles. The highest BCUT2D eigenvalue weighted by Gasteiger charge is 2.21. The van der Waals surface area contributed by atoms with Crippen molar-refractivity contribution in [2.75, 3.05) is 11.9 Å². The van der Waals surface area contributed by atoms with Crippen molar-refractivity contribution in [2.45, 2.75) is 18.9 Å². The van der Waals surface area contributed by atoms with Crippen LogP contribution in [0.25, 0.3) is 12.2 Å². The monoisotopic (exact) mass is 326 g/mol. The van der Waals surface area contributed by atoms with Crippen molar-refractivity contribution in [3.8, 4) is 0 Å². The van der Waals surface area contributed by atoms with Gasteiger partial charge in [-0.15, -0.1) is 0 Å². The molecule has 118 valence electrons. The second kappa shape index (κ2) is 7.44. The van der Waals surface area contributed by atoms with Gasteiger partial charge in [-0.2, -0.15) is 0 Å². The number of carbonyl (C=O) groups excluding carboxylic acids is 1. The maximum atomic E-state index is 12.0. The largest absolute Gasteiger partial charge is 0.325 e. The molecule has 0 saturated carbocycles. The molecule has 0 aliphatic carbocycles. The van der Waals surface area contributed by atoms with E-state index in [1.165, 1.54) is 0 Å². The third-order valence-corrected chi connectivity index (χ3v) is 4.15. The third kappa shape index (κ3) is 4.44. The van der Waals surface area contributed by atoms with Crippen LogP contribution >= 0.6 is 11.6 Å². The number of halogens is 1. The van der Waals surface area contributed by atoms with E-state index in [1.807, 2.05) is 60.7 Å². The Morgan fingerprint density at radius 2 is 1.65 bits per heavy atom. The van der Waals surface area contributed by atoms with E-state index in [0.29, 0.717) is 0 Å². The Morgan fingerprint density at radius 3 is 2.22 bits per heavy atom. The molecule has 0 spiro atoms. The molecule has 0 aromatic heterocycles. The molecule has 3 nitrogen and oxygen atoms in total. The molecule has 0 bridgehead atoms. The fourth-order valence-electron chi connectivity index (χ4n) is 2.58. The lowest BCUT2D eigenvalue weighted by Gasteiger charge is -2.11. The summed E-state index contributed by atoms with van der Waals surface area (Å²) in [4.78, 5) is 12.0. The Bertz CT molecular complexity index is 686. The molecule has 1 atom stereocenters. The van der Waals surface area contributed by atoms with E-state index >= 15 is 0 Å². The van der Waals surface area contributed by atoms with Crippen LogP contribution in [0.1, 0.15) is 24.0 Å². The average molecular weight is 327 g/mol. The molecule has 1 aliphatic rings. The van der Waals surface area contributed by atoms with Crippen LogP contribution in [0.15, 0.2) is 48.5 Å². The smallest absolute Gasteiger partial charge is 0.241 e. The molecule has 4 heteroatoms. The first-order valence-corrected chi connectivity index (χ1v) is 8.16. The first kappa shape index (κ1) is 15.8. The second-order valence-corrected chi connectivity index (χ2v) is 6.08. The van der Waals surface area contributed by atoms with Gasteiger partial charge in [-0.1, -0.05) is 48.0 Å². The lowest BCUT2D eigenvalue weighted by Crippen LogP contribution is -2.35. The molecule has 1 aliphatic heterocycles. The lowest BCUT2D eigenvalue weighted by atomic mass is 10.1. The average Bonchev–Trinajstić information content (AvgIpc) is 3.10. The van der Waals surface area contributed by atoms with Crippen molar-refractivity contribution >= 4 is 35.3 Å². The number of hydrogen-bond acceptors (Lipinski definition) is 2. The highest BCUT2D eigenvalue weighted by atomic mass is 35.5. The van der Waals surface area contributed by atoms with Crippen LogP contribution in [0.2, 0.25) is 5.02 Å². The number of nitrogens with one attached hydrogen (secondary N) is 2. The lowest BCUT2D eigenvalue weighted by molar-refractivity contribution is -0.117. The molecule has 1 fully saturated rings. The van der Waals surface area contributed by atoms with Gasteiger partial charge in [0.2, 0.25) is 5.91 Å². The van der Waals surface area contributed by atoms with Gasteiger partial charge in [0.1, 0.15) is 0 Å². The van der Waals surface area contributed by atoms with Crippen LogP contribution in [0.3, 0.4) is 0 Å². The Kier molecular flexibility index (Phi) is 5.11. The minimum atomic E-state index is -0.0560. The van der Waals surface area contributed by atoms with Gasteiger partial charge < -0.3 is 10.6 Å². The Hall–Kier alpha value is -2.10. The molecule has 1 heterocycles. The van der Waals surface area contributed by atoms with Gasteiger partial charge in [0.15, 0.2) is 0 Å². The summed E-state index contributed by atoms with van der Waals surface area (Å²) in [6.45, 7) is 0.923. The van der Waals surface area contributed by atoms with Crippen LogP contribution < -0.4 is 10.6 Å². The SMILES string of the molecule is O=C(Nc1ccc(/C=C/c2ccc(Cl)cc2)cc1)C1CCCN1. The third-order valence-electron chi connectivity index (χ3n) is 3.89. The first-order chi connectivity index (χ1) is 11.2. The summed E-state index contributed by atoms with van der Waals surface area (Å²) >= 11 is 5.87. The van der Waals surface area contributed by atoms with Crippen LogP contribution in [0, 0.1) is 0 Å². The van der Waals surface area contributed by atoms with Crippen molar-refractivity contribution in [2.24, 2.45) is 0 Å². The van der Waals surface area contributed by atoms with E-state index in [9.17, 15) is 4.79 Å². The summed E-state index contributed by atoms with van der Waals surface area (Å²) in [5.74, 6) is 0.0481. The molecule has 2 N–H and O–H groups in total. The fourth-order valence-corrected chi connectivity index (χ4v) is 2.71. The van der Waals surface area contributed by atoms with Crippen molar-refractivity contribution < 1.29 is 4.79 Å². The molecular formula is C19H19ClN2O. The molecular weight excluding hydrogens is 308 g/mol. The quantitative estimate of drug-likeness (QED) is 0.827. The van der Waals surface area contributed by atoms with Gasteiger partial charge in [-0.3, -0.25) is 4.79 Å². The summed E-state index contributed by atoms with van der Waals surface area (Å²) in [7, 11) is 0. The number of benzene rings is 2. The van der Waals surface area contributed by atoms with Crippen molar-refractivity contribution in [1.82, 2.24) is 5.32 Å². The van der Waals surface area contributed by atoms with E-state index in [-0.39, 0.29) is 11.9 Å². The van der Waals surface area contributed by atoms with Gasteiger partial charge in [0, 0.05) is 10.7 Å². The Balaban J connectivity index is 1.60. The van der Waals surface area contributed by atoms with E-state index in [2.05, 4.69) is 10.6 Å². The van der Waals surface area contributed by atoms with E-state index in [0.717, 1.165) is 41.2 Å². The van der Waals surface area contributed by atoms with Gasteiger partial charge in [0.25, 0.3) is 0 Å². The van der Waals surface area contributed by atoms with Crippen LogP contribution in [-0.2, 0) is 4.79 Å². The molecule has 0 radical (unpaired) electrons. The van der Waals surface area contributed by atoms with Crippen molar-refractivity contribution in [1.29, 1.82) is 0 Å². The van der Waals surface area contributed by atoms with Crippen molar-refractivity contribution in [3.63, 3.8) is 0 Å². The summed E-state index contributed by atoms with van der Waals surface area (Å²) < 4.78 is 0. The highest BCUT2D eigenvalue weighted by molar-refractivity contribution is 6.30. The van der Waals surface area contributed by atoms with Gasteiger partial charge in [-0.05, 0) is 54.8 Å². The molecule has 2 aromatic rings. The zero-order valence-electron chi connectivity index (χ0n) is 12.8. The predicted octanol–water partition coefficient (Wildman–Crippen LogP) is 4.20. The molecule has 1 amide bonds. The second-order valence-electron chi connectivity index (χ2n) is 5.65. The van der Waals surface area contributed by atoms with Crippen molar-refractivity contribution in [3.05, 3.63) is 64.7 Å². The number of amides is 1. The van der Waals surface area contributed by atoms with E-state index in [1.54, 1.807) is 0 Å². The minimum absolute atomic E-state index is 0.0481. The van der Waals surface area contributed by atoms with Gasteiger partial charge in [-0.25, -0.2) is 0 Å². The summed E-state index contributed by atoms with van der Waals surface area (Å²) in [6.07, 6.45) is 6.04. The number of hydrogen-bond donors (Lipinski definition) is 2. The zero-order chi connectivity index (χ0) is 16.1. The van der Waals surface area contributed by atoms with Crippen LogP contribution in [-0.4, -0.2) is 18.5 Å². The highest BCUT2D eigenvalue weighted by Crippen LogP contribution is 2.15. The standard InChI is InChI=1S/C19H19ClN2O/c20-16-9-5-14(6-10-16)3-4-15-7-11-17(12-8-15)22-19(23)18-2-1-13-21-18/h3-12,18,21H,1-2,13H2,(H,22,23)/b4-3+. The predicted molar refractivity (Wildman–Crippen MR) is 96.5 cm³/mol. The Labute approximate surface area is 141 Å². The molecule has 1 unspecified atom stereocenters. The maximum Gasteiger partial charge on any atom is 0.241 e. The summed E-state index contributed by atoms with van der Waals surface area (Å²) in [5, 5.41) is 6.88. The molecule has 3 rings (SSSR count). The fraction of sp³-hybridized carbons (Fsp3) is 0.211. The first-order valence-electron chi connectivity index (χ1n) is 7.79. The molecule has 1 saturated heterocycles. The number of rotatable bonds is 4. The van der Waals surface area contributed by atoms with E-state index < -0.39 is 0 Å². The molecule has 23 heavy (non-hydrogen) atoms. The van der Waals surface area contributed by atoms with E-state index in [4.69, 9.17) is 11.6 Å². The normalized spacial score (nSPS) is 17.5. The zero-order valence-corrected chi connectivity index (χ0v) is 13.5. The summed E-state index contributed by atoms with van der Waals surface area (Å²) in [5.41, 5.74) is 3.00. The number of carbonyl (C=O) groups is 1. The van der Waals surface area contributed by atoms with Gasteiger partial charge in [0.05, 0.1) is 6.04 Å². The maximum absolute atomic E-state index is 12.0. The van der Waals surface area contributed by atoms with Crippen LogP contribution in [0.5, 0.6) is 0 Å². The summed E-state index contributed by atoms with van der Waals surface area (Å²) in [6, 6.07) is 15.5. The topological polar surface area (TPSA) is 41.1 Å². The Morgan fingerprint density at radius 1 is 1.04 bits per heavy atom. The van der Waals surface area contributed by atoms with Crippen LogP contribution in [0.4, 0.5) is 5.69 Å².